The SMILES string of the molecule is CCCCCCCCC1(CCCCCCCC)c2cc(C)ccc2-c2ccc3c4ccccc4n(-c4cc(CCCCCC)c(-c5ccc(N(c6ccc(C)cc6)c6ccc(C(C)(C)C)cc6)cc5)cc4CCCCCC)c3c21. The molecule has 0 radical (unpaired) electrons. The summed E-state index contributed by atoms with van der Waals surface area (Å²) in [6.45, 7) is 20.8. The number of para-hydroxylation sites is 1. The van der Waals surface area contributed by atoms with Crippen LogP contribution < -0.4 is 4.90 Å². The summed E-state index contributed by atoms with van der Waals surface area (Å²) in [5.41, 5.74) is 23.7. The van der Waals surface area contributed by atoms with Crippen molar-refractivity contribution in [3.63, 3.8) is 0 Å². The van der Waals surface area contributed by atoms with Gasteiger partial charge in [-0.15, -0.1) is 0 Å². The predicted octanol–water partition coefficient (Wildman–Crippen LogP) is 23.8. The van der Waals surface area contributed by atoms with Gasteiger partial charge in [0, 0.05) is 38.9 Å². The third kappa shape index (κ3) is 13.0. The third-order valence-electron chi connectivity index (χ3n) is 18.1. The lowest BCUT2D eigenvalue weighted by molar-refractivity contribution is 0.399. The molecular formula is C77H98N2. The van der Waals surface area contributed by atoms with Crippen molar-refractivity contribution < 1.29 is 0 Å². The highest BCUT2D eigenvalue weighted by Gasteiger charge is 2.45. The van der Waals surface area contributed by atoms with Crippen molar-refractivity contribution in [2.24, 2.45) is 0 Å². The highest BCUT2D eigenvalue weighted by Crippen LogP contribution is 2.58. The third-order valence-corrected chi connectivity index (χ3v) is 18.1. The van der Waals surface area contributed by atoms with Crippen molar-refractivity contribution in [1.82, 2.24) is 4.57 Å². The van der Waals surface area contributed by atoms with E-state index in [9.17, 15) is 0 Å². The molecule has 0 saturated heterocycles. The molecule has 0 N–H and O–H groups in total. The molecule has 9 rings (SSSR count). The van der Waals surface area contributed by atoms with Gasteiger partial charge < -0.3 is 9.47 Å². The second kappa shape index (κ2) is 27.1. The number of hydrogen-bond donors (Lipinski definition) is 0. The first-order chi connectivity index (χ1) is 38.5. The maximum Gasteiger partial charge on any atom is 0.0588 e. The van der Waals surface area contributed by atoms with Crippen molar-refractivity contribution in [3.8, 4) is 27.9 Å². The van der Waals surface area contributed by atoms with E-state index < -0.39 is 0 Å². The lowest BCUT2D eigenvalue weighted by Gasteiger charge is -2.34. The number of fused-ring (bicyclic) bond motifs is 7. The van der Waals surface area contributed by atoms with E-state index >= 15 is 0 Å². The average Bonchev–Trinajstić information content (AvgIpc) is 3.94. The van der Waals surface area contributed by atoms with Crippen LogP contribution in [0.5, 0.6) is 0 Å². The molecule has 2 nitrogen and oxygen atoms in total. The van der Waals surface area contributed by atoms with Crippen LogP contribution in [0.4, 0.5) is 17.1 Å². The van der Waals surface area contributed by atoms with Gasteiger partial charge in [-0.05, 0) is 162 Å². The van der Waals surface area contributed by atoms with Crippen LogP contribution in [0, 0.1) is 13.8 Å². The largest absolute Gasteiger partial charge is 0.311 e. The Kier molecular flexibility index (Phi) is 19.8. The molecule has 1 heterocycles. The molecule has 1 aliphatic carbocycles. The van der Waals surface area contributed by atoms with Crippen LogP contribution in [-0.2, 0) is 23.7 Å². The zero-order valence-corrected chi connectivity index (χ0v) is 50.6. The molecule has 8 aromatic rings. The first-order valence-corrected chi connectivity index (χ1v) is 31.9. The molecule has 0 fully saturated rings. The van der Waals surface area contributed by atoms with Crippen molar-refractivity contribution >= 4 is 38.9 Å². The summed E-state index contributed by atoms with van der Waals surface area (Å²) in [5.74, 6) is 0. The van der Waals surface area contributed by atoms with Gasteiger partial charge in [0.15, 0.2) is 0 Å². The van der Waals surface area contributed by atoms with Crippen LogP contribution in [0.25, 0.3) is 49.7 Å². The molecule has 0 aliphatic heterocycles. The Morgan fingerprint density at radius 3 is 1.53 bits per heavy atom. The first kappa shape index (κ1) is 57.8. The highest BCUT2D eigenvalue weighted by molar-refractivity contribution is 6.13. The Balaban J connectivity index is 1.24. The number of hydrogen-bond acceptors (Lipinski definition) is 1. The van der Waals surface area contributed by atoms with E-state index in [2.05, 4.69) is 211 Å². The molecule has 0 amide bonds. The zero-order chi connectivity index (χ0) is 55.4. The Bertz CT molecular complexity index is 3190. The van der Waals surface area contributed by atoms with Gasteiger partial charge in [0.2, 0.25) is 0 Å². The predicted molar refractivity (Wildman–Crippen MR) is 347 cm³/mol. The second-order valence-electron chi connectivity index (χ2n) is 25.2. The summed E-state index contributed by atoms with van der Waals surface area (Å²) in [5, 5.41) is 2.80. The molecule has 416 valence electrons. The highest BCUT2D eigenvalue weighted by atomic mass is 15.1. The molecule has 7 aromatic carbocycles. The summed E-state index contributed by atoms with van der Waals surface area (Å²) >= 11 is 0. The van der Waals surface area contributed by atoms with Crippen LogP contribution in [0.1, 0.15) is 229 Å². The molecule has 0 saturated carbocycles. The molecule has 1 aliphatic rings. The van der Waals surface area contributed by atoms with Gasteiger partial charge in [0.25, 0.3) is 0 Å². The molecule has 0 bridgehead atoms. The fraction of sp³-hybridized carbons (Fsp3) is 0.455. The van der Waals surface area contributed by atoms with Crippen LogP contribution in [-0.4, -0.2) is 4.57 Å². The molecular weight excluding hydrogens is 953 g/mol. The molecule has 0 atom stereocenters. The summed E-state index contributed by atoms with van der Waals surface area (Å²) in [7, 11) is 0. The number of aryl methyl sites for hydroxylation is 4. The molecule has 1 aromatic heterocycles. The van der Waals surface area contributed by atoms with E-state index in [1.54, 1.807) is 11.1 Å². The minimum absolute atomic E-state index is 0.0507. The quantitative estimate of drug-likeness (QED) is 0.0424. The number of nitrogens with zero attached hydrogens (tertiary/aromatic N) is 2. The van der Waals surface area contributed by atoms with Crippen LogP contribution in [0.3, 0.4) is 0 Å². The Hall–Kier alpha value is -5.86. The van der Waals surface area contributed by atoms with Crippen molar-refractivity contribution in [2.45, 2.75) is 227 Å². The zero-order valence-electron chi connectivity index (χ0n) is 50.6. The van der Waals surface area contributed by atoms with E-state index in [1.165, 1.54) is 236 Å². The van der Waals surface area contributed by atoms with E-state index in [0.29, 0.717) is 0 Å². The van der Waals surface area contributed by atoms with Gasteiger partial charge in [0.1, 0.15) is 0 Å². The normalized spacial score (nSPS) is 12.9. The fourth-order valence-electron chi connectivity index (χ4n) is 13.6. The van der Waals surface area contributed by atoms with E-state index in [0.717, 1.165) is 12.8 Å². The van der Waals surface area contributed by atoms with Gasteiger partial charge in [-0.25, -0.2) is 0 Å². The monoisotopic (exact) mass is 1050 g/mol. The summed E-state index contributed by atoms with van der Waals surface area (Å²) in [4.78, 5) is 2.43. The molecule has 2 heteroatoms. The van der Waals surface area contributed by atoms with Crippen molar-refractivity contribution in [1.29, 1.82) is 0 Å². The number of anilines is 3. The minimum atomic E-state index is -0.0507. The maximum absolute atomic E-state index is 2.83. The van der Waals surface area contributed by atoms with E-state index in [4.69, 9.17) is 0 Å². The first-order valence-electron chi connectivity index (χ1n) is 31.9. The second-order valence-corrected chi connectivity index (χ2v) is 25.2. The number of benzene rings is 7. The van der Waals surface area contributed by atoms with Crippen molar-refractivity contribution in [2.75, 3.05) is 4.90 Å². The molecule has 79 heavy (non-hydrogen) atoms. The van der Waals surface area contributed by atoms with Gasteiger partial charge in [-0.3, -0.25) is 0 Å². The van der Waals surface area contributed by atoms with Gasteiger partial charge in [0.05, 0.1) is 11.0 Å². The van der Waals surface area contributed by atoms with Gasteiger partial charge >= 0.3 is 0 Å². The lowest BCUT2D eigenvalue weighted by Crippen LogP contribution is -2.26. The fourth-order valence-corrected chi connectivity index (χ4v) is 13.6. The standard InChI is InChI=1S/C77H98N2/c1-10-14-18-22-24-30-52-77(53-31-25-23-19-15-11-2)71-54-58(6)38-49-66(71)68-50-51-69-67-34-28-29-35-72(67)79(75(69)74(68)77)73-56-60(32-26-20-16-12-3)70(55-61(73)33-27-21-17-13-4)59-39-45-64(46-40-59)78(63-43-36-57(5)37-44-63)65-47-41-62(42-48-65)76(7,8)9/h28-29,34-51,54-56H,10-27,30-33,52-53H2,1-9H3. The Labute approximate surface area is 479 Å². The molecule has 0 spiro atoms. The summed E-state index contributed by atoms with van der Waals surface area (Å²) in [6, 6.07) is 55.3. The minimum Gasteiger partial charge on any atom is -0.311 e. The topological polar surface area (TPSA) is 8.17 Å². The number of unbranched alkanes of at least 4 members (excludes halogenated alkanes) is 16. The average molecular weight is 1050 g/mol. The van der Waals surface area contributed by atoms with Crippen LogP contribution in [0.15, 0.2) is 140 Å². The van der Waals surface area contributed by atoms with Gasteiger partial charge in [-0.1, -0.05) is 260 Å². The van der Waals surface area contributed by atoms with Gasteiger partial charge in [-0.2, -0.15) is 0 Å². The number of aromatic nitrogens is 1. The van der Waals surface area contributed by atoms with Crippen molar-refractivity contribution in [3.05, 3.63) is 178 Å². The Morgan fingerprint density at radius 1 is 0.430 bits per heavy atom. The lowest BCUT2D eigenvalue weighted by atomic mass is 9.70. The maximum atomic E-state index is 2.83. The summed E-state index contributed by atoms with van der Waals surface area (Å²) in [6.07, 6.45) is 30.3. The Morgan fingerprint density at radius 2 is 0.937 bits per heavy atom. The molecule has 0 unspecified atom stereocenters. The van der Waals surface area contributed by atoms with E-state index in [1.807, 2.05) is 0 Å². The van der Waals surface area contributed by atoms with Crippen LogP contribution in [0.2, 0.25) is 0 Å². The van der Waals surface area contributed by atoms with Crippen LogP contribution >= 0.6 is 0 Å². The summed E-state index contributed by atoms with van der Waals surface area (Å²) < 4.78 is 2.83. The smallest absolute Gasteiger partial charge is 0.0588 e. The number of rotatable bonds is 29. The van der Waals surface area contributed by atoms with E-state index in [-0.39, 0.29) is 10.8 Å².